The van der Waals surface area contributed by atoms with Gasteiger partial charge in [0.15, 0.2) is 0 Å². The quantitative estimate of drug-likeness (QED) is 0.526. The fourth-order valence-electron chi connectivity index (χ4n) is 1.64. The molecule has 0 aliphatic rings. The van der Waals surface area contributed by atoms with Crippen LogP contribution in [0.25, 0.3) is 0 Å². The van der Waals surface area contributed by atoms with Crippen LogP contribution in [-0.2, 0) is 6.42 Å². The fraction of sp³-hybridized carbons (Fsp3) is 0.538. The Hall–Kier alpha value is -0.763. The first-order valence-corrected chi connectivity index (χ1v) is 8.76. The average molecular weight is 222 g/mol. The fourth-order valence-corrected chi connectivity index (χ4v) is 2.38. The van der Waals surface area contributed by atoms with Gasteiger partial charge in [0.2, 0.25) is 9.04 Å². The van der Waals surface area contributed by atoms with E-state index in [1.54, 1.807) is 0 Å². The van der Waals surface area contributed by atoms with E-state index in [2.05, 4.69) is 44.3 Å². The normalized spacial score (nSPS) is 10.7. The van der Waals surface area contributed by atoms with Gasteiger partial charge in [0.05, 0.1) is 0 Å². The molecule has 1 aromatic rings. The van der Waals surface area contributed by atoms with Crippen molar-refractivity contribution >= 4 is 9.04 Å². The van der Waals surface area contributed by atoms with E-state index in [9.17, 15) is 0 Å². The highest BCUT2D eigenvalue weighted by Crippen LogP contribution is 2.20. The molecule has 0 aliphatic heterocycles. The van der Waals surface area contributed by atoms with Crippen molar-refractivity contribution in [1.29, 1.82) is 0 Å². The average Bonchev–Trinajstić information content (AvgIpc) is 2.20. The molecule has 0 amide bonds. The lowest BCUT2D eigenvalue weighted by Gasteiger charge is -2.13. The topological polar surface area (TPSA) is 9.23 Å². The molecule has 0 radical (unpaired) electrons. The molecule has 1 aromatic carbocycles. The third kappa shape index (κ3) is 4.52. The molecule has 0 N–H and O–H groups in total. The Bertz CT molecular complexity index is 284. The molecule has 2 heteroatoms. The van der Waals surface area contributed by atoms with Crippen LogP contribution in [0.3, 0.4) is 0 Å². The Morgan fingerprint density at radius 3 is 2.53 bits per heavy atom. The summed E-state index contributed by atoms with van der Waals surface area (Å²) in [7, 11) is -0.966. The zero-order chi connectivity index (χ0) is 11.1. The monoisotopic (exact) mass is 222 g/mol. The number of rotatable bonds is 6. The van der Waals surface area contributed by atoms with Gasteiger partial charge < -0.3 is 4.43 Å². The lowest BCUT2D eigenvalue weighted by atomic mass is 10.1. The first-order valence-electron chi connectivity index (χ1n) is 5.98. The van der Waals surface area contributed by atoms with Crippen molar-refractivity contribution in [3.8, 4) is 5.75 Å². The predicted octanol–water partition coefficient (Wildman–Crippen LogP) is 3.78. The summed E-state index contributed by atoms with van der Waals surface area (Å²) in [6, 6.07) is 8.47. The van der Waals surface area contributed by atoms with Gasteiger partial charge >= 0.3 is 0 Å². The number of hydrogen-bond acceptors (Lipinski definition) is 1. The number of hydrogen-bond donors (Lipinski definition) is 0. The van der Waals surface area contributed by atoms with Crippen LogP contribution in [0.15, 0.2) is 24.3 Å². The highest BCUT2D eigenvalue weighted by Gasteiger charge is 2.04. The summed E-state index contributed by atoms with van der Waals surface area (Å²) in [6.45, 7) is 6.66. The van der Waals surface area contributed by atoms with Crippen LogP contribution in [0.5, 0.6) is 5.75 Å². The van der Waals surface area contributed by atoms with Crippen LogP contribution in [-0.4, -0.2) is 9.04 Å². The molecule has 0 saturated heterocycles. The van der Waals surface area contributed by atoms with E-state index in [0.29, 0.717) is 0 Å². The molecule has 0 aliphatic carbocycles. The van der Waals surface area contributed by atoms with Gasteiger partial charge in [0, 0.05) is 0 Å². The van der Waals surface area contributed by atoms with E-state index < -0.39 is 9.04 Å². The molecule has 0 fully saturated rings. The van der Waals surface area contributed by atoms with E-state index in [4.69, 9.17) is 4.43 Å². The second kappa shape index (κ2) is 6.67. The Kier molecular flexibility index (Phi) is 5.47. The molecule has 1 nitrogen and oxygen atoms in total. The second-order valence-electron chi connectivity index (χ2n) is 4.23. The summed E-state index contributed by atoms with van der Waals surface area (Å²) in [6.07, 6.45) is 5.02. The molecular weight excluding hydrogens is 200 g/mol. The molecule has 0 aromatic heterocycles. The molecule has 0 heterocycles. The zero-order valence-corrected chi connectivity index (χ0v) is 11.3. The highest BCUT2D eigenvalue weighted by molar-refractivity contribution is 6.49. The lowest BCUT2D eigenvalue weighted by molar-refractivity contribution is 0.566. The van der Waals surface area contributed by atoms with Crippen molar-refractivity contribution < 1.29 is 4.43 Å². The van der Waals surface area contributed by atoms with Gasteiger partial charge in [-0.3, -0.25) is 0 Å². The number of benzene rings is 1. The largest absolute Gasteiger partial charge is 0.547 e. The van der Waals surface area contributed by atoms with Crippen molar-refractivity contribution in [2.75, 3.05) is 0 Å². The van der Waals surface area contributed by atoms with Gasteiger partial charge in [0.1, 0.15) is 5.75 Å². The molecule has 0 atom stereocenters. The van der Waals surface area contributed by atoms with E-state index in [1.807, 2.05) is 0 Å². The number of para-hydroxylation sites is 1. The molecule has 0 spiro atoms. The molecule has 0 bridgehead atoms. The van der Waals surface area contributed by atoms with Gasteiger partial charge in [-0.25, -0.2) is 0 Å². The molecular formula is C13H22OSi. The van der Waals surface area contributed by atoms with Crippen molar-refractivity contribution in [3.63, 3.8) is 0 Å². The van der Waals surface area contributed by atoms with E-state index in [1.165, 1.54) is 24.8 Å². The Morgan fingerprint density at radius 1 is 1.13 bits per heavy atom. The van der Waals surface area contributed by atoms with Crippen LogP contribution < -0.4 is 4.43 Å². The van der Waals surface area contributed by atoms with Crippen molar-refractivity contribution in [3.05, 3.63) is 29.8 Å². The molecule has 84 valence electrons. The van der Waals surface area contributed by atoms with Crippen LogP contribution in [0.4, 0.5) is 0 Å². The third-order valence-corrected chi connectivity index (χ3v) is 3.11. The van der Waals surface area contributed by atoms with Crippen molar-refractivity contribution in [2.24, 2.45) is 0 Å². The van der Waals surface area contributed by atoms with Gasteiger partial charge in [-0.1, -0.05) is 38.0 Å². The Labute approximate surface area is 95.2 Å². The molecule has 0 saturated carbocycles. The van der Waals surface area contributed by atoms with Crippen LogP contribution >= 0.6 is 0 Å². The summed E-state index contributed by atoms with van der Waals surface area (Å²) in [4.78, 5) is 0. The minimum atomic E-state index is -0.966. The van der Waals surface area contributed by atoms with Crippen molar-refractivity contribution in [2.45, 2.75) is 45.7 Å². The standard InChI is InChI=1S/C13H22OSi/c1-4-5-6-9-12-10-7-8-11-13(12)14-15(2)3/h7-8,10-11,15H,4-6,9H2,1-3H3. The third-order valence-electron chi connectivity index (χ3n) is 2.38. The zero-order valence-electron chi connectivity index (χ0n) is 10.1. The summed E-state index contributed by atoms with van der Waals surface area (Å²) in [5, 5.41) is 0. The maximum atomic E-state index is 5.91. The van der Waals surface area contributed by atoms with E-state index >= 15 is 0 Å². The Morgan fingerprint density at radius 2 is 1.87 bits per heavy atom. The van der Waals surface area contributed by atoms with Crippen LogP contribution in [0.1, 0.15) is 31.7 Å². The number of aryl methyl sites for hydroxylation is 1. The first-order chi connectivity index (χ1) is 7.24. The molecule has 15 heavy (non-hydrogen) atoms. The maximum absolute atomic E-state index is 5.91. The van der Waals surface area contributed by atoms with Crippen LogP contribution in [0, 0.1) is 0 Å². The summed E-state index contributed by atoms with van der Waals surface area (Å²) in [5.41, 5.74) is 1.38. The maximum Gasteiger partial charge on any atom is 0.229 e. The van der Waals surface area contributed by atoms with Gasteiger partial charge in [-0.05, 0) is 37.6 Å². The minimum absolute atomic E-state index is 0.966. The molecule has 0 unspecified atom stereocenters. The lowest BCUT2D eigenvalue weighted by Crippen LogP contribution is -2.12. The van der Waals surface area contributed by atoms with Crippen molar-refractivity contribution in [1.82, 2.24) is 0 Å². The molecule has 1 rings (SSSR count). The summed E-state index contributed by atoms with van der Waals surface area (Å²) >= 11 is 0. The van der Waals surface area contributed by atoms with E-state index in [0.717, 1.165) is 12.2 Å². The second-order valence-corrected chi connectivity index (χ2v) is 6.56. The van der Waals surface area contributed by atoms with Crippen LogP contribution in [0.2, 0.25) is 13.1 Å². The summed E-state index contributed by atoms with van der Waals surface area (Å²) in [5.74, 6) is 1.12. The van der Waals surface area contributed by atoms with E-state index in [-0.39, 0.29) is 0 Å². The summed E-state index contributed by atoms with van der Waals surface area (Å²) < 4.78 is 5.91. The van der Waals surface area contributed by atoms with Gasteiger partial charge in [-0.15, -0.1) is 0 Å². The number of unbranched alkanes of at least 4 members (excludes halogenated alkanes) is 2. The Balaban J connectivity index is 2.60. The smallest absolute Gasteiger partial charge is 0.229 e. The highest BCUT2D eigenvalue weighted by atomic mass is 28.3. The predicted molar refractivity (Wildman–Crippen MR) is 69.2 cm³/mol. The van der Waals surface area contributed by atoms with Gasteiger partial charge in [-0.2, -0.15) is 0 Å². The minimum Gasteiger partial charge on any atom is -0.547 e. The first kappa shape index (κ1) is 12.3. The van der Waals surface area contributed by atoms with Gasteiger partial charge in [0.25, 0.3) is 0 Å². The SMILES string of the molecule is CCCCCc1ccccc1O[SiH](C)C.